The highest BCUT2D eigenvalue weighted by molar-refractivity contribution is 14.2. The first-order valence-corrected chi connectivity index (χ1v) is 17.5. The summed E-state index contributed by atoms with van der Waals surface area (Å²) < 4.78 is 44.4. The Morgan fingerprint density at radius 3 is 1.48 bits per heavy atom. The molecule has 46 heavy (non-hydrogen) atoms. The minimum Gasteiger partial charge on any atom is -0.166 e. The second-order valence-corrected chi connectivity index (χ2v) is 14.4. The van der Waals surface area contributed by atoms with Crippen molar-refractivity contribution in [1.29, 1.82) is 0 Å². The van der Waals surface area contributed by atoms with Gasteiger partial charge in [0.1, 0.15) is 0 Å². The molecule has 8 rings (SSSR count). The van der Waals surface area contributed by atoms with Crippen LogP contribution in [-0.4, -0.2) is 3.51 Å². The van der Waals surface area contributed by atoms with E-state index in [0.29, 0.717) is 0 Å². The Labute approximate surface area is 275 Å². The second-order valence-electron chi connectivity index (χ2n) is 12.0. The van der Waals surface area contributed by atoms with Crippen LogP contribution in [-0.2, 0) is 6.18 Å². The fourth-order valence-corrected chi connectivity index (χ4v) is 8.87. The van der Waals surface area contributed by atoms with E-state index in [9.17, 15) is 13.2 Å². The molecule has 0 unspecified atom stereocenters. The van der Waals surface area contributed by atoms with Gasteiger partial charge in [0.2, 0.25) is 0 Å². The standard InChI is InChI=1S/C42H28F3I/c1-25-8-11-28(12-9-25)37-23-38(39-21-10-26(2)24-46-39)34-20-19-32-36(29-13-15-30(16-14-29)42(43,44)45)22-35(27-6-4-3-5-7-27)31-17-18-33(37)41(34)40(31)32/h3-24H,1-2H3. The molecule has 224 valence electrons. The molecule has 7 aromatic rings. The monoisotopic (exact) mass is 716 g/mol. The van der Waals surface area contributed by atoms with Crippen molar-refractivity contribution in [1.82, 2.24) is 0 Å². The second kappa shape index (κ2) is 11.1. The normalized spacial score (nSPS) is 13.7. The summed E-state index contributed by atoms with van der Waals surface area (Å²) in [7, 11) is 0. The van der Waals surface area contributed by atoms with Gasteiger partial charge in [-0.05, 0) is 125 Å². The first-order valence-electron chi connectivity index (χ1n) is 15.2. The van der Waals surface area contributed by atoms with Crippen molar-refractivity contribution >= 4 is 56.6 Å². The summed E-state index contributed by atoms with van der Waals surface area (Å²) in [5, 5.41) is 6.90. The van der Waals surface area contributed by atoms with Gasteiger partial charge >= 0.3 is 6.18 Å². The smallest absolute Gasteiger partial charge is 0.166 e. The molecule has 1 aliphatic heterocycles. The van der Waals surface area contributed by atoms with Crippen molar-refractivity contribution in [2.75, 3.05) is 0 Å². The fourth-order valence-electron chi connectivity index (χ4n) is 6.67. The van der Waals surface area contributed by atoms with Gasteiger partial charge in [-0.3, -0.25) is 0 Å². The molecule has 0 aliphatic carbocycles. The Bertz CT molecular complexity index is 2370. The number of halogens is 4. The number of benzene rings is 7. The zero-order valence-corrected chi connectivity index (χ0v) is 27.4. The Kier molecular flexibility index (Phi) is 6.95. The summed E-state index contributed by atoms with van der Waals surface area (Å²) in [6.07, 6.45) is 0.107. The lowest BCUT2D eigenvalue weighted by atomic mass is 9.82. The van der Waals surface area contributed by atoms with Crippen LogP contribution in [0.2, 0.25) is 0 Å². The van der Waals surface area contributed by atoms with E-state index in [-0.39, 0.29) is 20.7 Å². The van der Waals surface area contributed by atoms with E-state index in [4.69, 9.17) is 0 Å². The third-order valence-corrected chi connectivity index (χ3v) is 11.9. The molecule has 0 nitrogen and oxygen atoms in total. The molecule has 1 aliphatic rings. The molecule has 0 bridgehead atoms. The molecular weight excluding hydrogens is 688 g/mol. The van der Waals surface area contributed by atoms with E-state index in [2.05, 4.69) is 103 Å². The summed E-state index contributed by atoms with van der Waals surface area (Å²) in [4.78, 5) is 0. The maximum absolute atomic E-state index is 13.5. The van der Waals surface area contributed by atoms with Gasteiger partial charge in [-0.15, -0.1) is 0 Å². The first-order chi connectivity index (χ1) is 22.3. The largest absolute Gasteiger partial charge is 0.416 e. The number of hydrogen-bond acceptors (Lipinski definition) is 0. The number of alkyl halides is 3. The highest BCUT2D eigenvalue weighted by Gasteiger charge is 2.30. The summed E-state index contributed by atoms with van der Waals surface area (Å²) in [5.74, 6) is 0. The van der Waals surface area contributed by atoms with Gasteiger partial charge in [-0.25, -0.2) is 0 Å². The van der Waals surface area contributed by atoms with Crippen LogP contribution >= 0.6 is 20.7 Å². The molecule has 0 spiro atoms. The maximum atomic E-state index is 13.5. The fraction of sp³-hybridized carbons (Fsp3) is 0.0714. The van der Waals surface area contributed by atoms with Crippen LogP contribution < -0.4 is 0 Å². The van der Waals surface area contributed by atoms with Crippen molar-refractivity contribution < 1.29 is 13.2 Å². The molecule has 0 fully saturated rings. The molecule has 0 amide bonds. The quantitative estimate of drug-likeness (QED) is 0.126. The SMILES string of the molecule is CC1=CI=C(c2cc(-c3ccc(C)cc3)c3ccc4c(-c5ccccc5)cc(-c5ccc(C(F)(F)F)cc5)c5ccc2c3c54)C=C1. The Balaban J connectivity index is 1.52. The lowest BCUT2D eigenvalue weighted by Crippen LogP contribution is -2.04. The average Bonchev–Trinajstić information content (AvgIpc) is 3.07. The average molecular weight is 717 g/mol. The topological polar surface area (TPSA) is 0 Å². The summed E-state index contributed by atoms with van der Waals surface area (Å²) in [5.41, 5.74) is 9.32. The van der Waals surface area contributed by atoms with Gasteiger partial charge < -0.3 is 0 Å². The number of hydrogen-bond donors (Lipinski definition) is 0. The first kappa shape index (κ1) is 28.9. The lowest BCUT2D eigenvalue weighted by Gasteiger charge is -2.22. The van der Waals surface area contributed by atoms with Gasteiger partial charge in [0.05, 0.1) is 5.56 Å². The Hall–Kier alpha value is -4.55. The highest BCUT2D eigenvalue weighted by atomic mass is 127. The van der Waals surface area contributed by atoms with Gasteiger partial charge in [0, 0.05) is 3.51 Å². The molecule has 0 atom stereocenters. The van der Waals surface area contributed by atoms with Gasteiger partial charge in [0.25, 0.3) is 0 Å². The van der Waals surface area contributed by atoms with Crippen molar-refractivity contribution in [2.45, 2.75) is 20.0 Å². The van der Waals surface area contributed by atoms with Gasteiger partial charge in [0.15, 0.2) is 0 Å². The maximum Gasteiger partial charge on any atom is 0.416 e. The van der Waals surface area contributed by atoms with Crippen LogP contribution in [0.4, 0.5) is 13.2 Å². The third kappa shape index (κ3) is 4.87. The minimum absolute atomic E-state index is 0.318. The van der Waals surface area contributed by atoms with E-state index in [1.807, 2.05) is 18.2 Å². The van der Waals surface area contributed by atoms with E-state index in [1.165, 1.54) is 59.6 Å². The zero-order chi connectivity index (χ0) is 31.6. The summed E-state index contributed by atoms with van der Waals surface area (Å²) in [6, 6.07) is 38.0. The van der Waals surface area contributed by atoms with Crippen molar-refractivity contribution in [3.05, 3.63) is 154 Å². The van der Waals surface area contributed by atoms with Crippen LogP contribution in [0.25, 0.3) is 65.7 Å². The molecule has 7 aromatic carbocycles. The van der Waals surface area contributed by atoms with Crippen LogP contribution in [0, 0.1) is 6.92 Å². The van der Waals surface area contributed by atoms with E-state index >= 15 is 0 Å². The molecule has 0 radical (unpaired) electrons. The third-order valence-electron chi connectivity index (χ3n) is 8.96. The molecular formula is C42H28F3I. The molecule has 1 heterocycles. The van der Waals surface area contributed by atoms with E-state index in [1.54, 1.807) is 12.1 Å². The number of rotatable bonds is 4. The van der Waals surface area contributed by atoms with Crippen LogP contribution in [0.3, 0.4) is 0 Å². The van der Waals surface area contributed by atoms with Crippen LogP contribution in [0.5, 0.6) is 0 Å². The lowest BCUT2D eigenvalue weighted by molar-refractivity contribution is -0.137. The van der Waals surface area contributed by atoms with Gasteiger partial charge in [-0.2, -0.15) is 13.2 Å². The molecule has 0 aromatic heterocycles. The zero-order valence-electron chi connectivity index (χ0n) is 25.2. The predicted molar refractivity (Wildman–Crippen MR) is 197 cm³/mol. The summed E-state index contributed by atoms with van der Waals surface area (Å²) in [6.45, 7) is 4.26. The molecule has 0 saturated carbocycles. The Morgan fingerprint density at radius 2 is 0.978 bits per heavy atom. The molecule has 0 N–H and O–H groups in total. The van der Waals surface area contributed by atoms with Gasteiger partial charge in [-0.1, -0.05) is 123 Å². The Morgan fingerprint density at radius 1 is 0.500 bits per heavy atom. The minimum atomic E-state index is -4.39. The van der Waals surface area contributed by atoms with E-state index in [0.717, 1.165) is 38.4 Å². The highest BCUT2D eigenvalue weighted by Crippen LogP contribution is 2.47. The molecule has 4 heteroatoms. The van der Waals surface area contributed by atoms with E-state index < -0.39 is 11.7 Å². The van der Waals surface area contributed by atoms with Crippen LogP contribution in [0.1, 0.15) is 23.6 Å². The molecule has 0 saturated heterocycles. The predicted octanol–water partition coefficient (Wildman–Crippen LogP) is 12.9. The summed E-state index contributed by atoms with van der Waals surface area (Å²) >= 11 is -0.318. The van der Waals surface area contributed by atoms with Crippen LogP contribution in [0.15, 0.2) is 137 Å². The van der Waals surface area contributed by atoms with Crippen molar-refractivity contribution in [3.8, 4) is 33.4 Å². The number of aryl methyl sites for hydroxylation is 1. The number of allylic oxidation sites excluding steroid dienone is 3. The van der Waals surface area contributed by atoms with Crippen molar-refractivity contribution in [2.24, 2.45) is 0 Å². The van der Waals surface area contributed by atoms with Crippen molar-refractivity contribution in [3.63, 3.8) is 0 Å².